The van der Waals surface area contributed by atoms with E-state index in [2.05, 4.69) is 41.5 Å². The number of nitrogens with zero attached hydrogens (tertiary/aromatic N) is 6. The standard InChI is InChI=1S/C36H45FN8O3/c1-23-22-48-36-33-29(16-30(37)34(36)42-13-9-26(39-2)10-14-42)35(46)25(20-45(23)33)19-44(18-24-8-11-40-32(15-24)47-3)28-5-4-12-43(21-28)27-6-7-31(38)41-17-27/h6-8,11,15-17,20,23,26,28,39H,4-5,9-10,12-14,18-19,21-22H2,1-3H3,(H2,38,41)/t23?,28-/m0/s1. The van der Waals surface area contributed by atoms with Crippen LogP contribution in [0.3, 0.4) is 0 Å². The number of rotatable bonds is 9. The van der Waals surface area contributed by atoms with Crippen molar-refractivity contribution in [2.45, 2.75) is 63.8 Å². The van der Waals surface area contributed by atoms with Crippen LogP contribution in [0.5, 0.6) is 11.6 Å². The molecule has 3 aromatic heterocycles. The average Bonchev–Trinajstić information content (AvgIpc) is 3.11. The van der Waals surface area contributed by atoms with Crippen LogP contribution in [0.4, 0.5) is 21.6 Å². The highest BCUT2D eigenvalue weighted by molar-refractivity contribution is 5.92. The lowest BCUT2D eigenvalue weighted by Crippen LogP contribution is -2.48. The van der Waals surface area contributed by atoms with Gasteiger partial charge in [0.2, 0.25) is 5.88 Å². The lowest BCUT2D eigenvalue weighted by molar-refractivity contribution is 0.157. The topological polar surface area (TPSA) is 114 Å². The molecule has 6 heterocycles. The van der Waals surface area contributed by atoms with Gasteiger partial charge in [0.05, 0.1) is 35.9 Å². The smallest absolute Gasteiger partial charge is 0.213 e. The van der Waals surface area contributed by atoms with Gasteiger partial charge in [0.1, 0.15) is 18.1 Å². The van der Waals surface area contributed by atoms with E-state index in [0.717, 1.165) is 63.1 Å². The van der Waals surface area contributed by atoms with Crippen LogP contribution in [0.25, 0.3) is 10.9 Å². The second-order valence-electron chi connectivity index (χ2n) is 13.3. The summed E-state index contributed by atoms with van der Waals surface area (Å²) in [6.45, 7) is 6.61. The summed E-state index contributed by atoms with van der Waals surface area (Å²) < 4.78 is 29.9. The Hall–Kier alpha value is -4.42. The molecule has 3 aliphatic heterocycles. The summed E-state index contributed by atoms with van der Waals surface area (Å²) in [5.74, 6) is 1.11. The molecule has 7 rings (SSSR count). The molecule has 4 aromatic rings. The first kappa shape index (κ1) is 32.1. The number of nitrogens with two attached hydrogens (primary N) is 1. The van der Waals surface area contributed by atoms with Crippen LogP contribution in [0.15, 0.2) is 53.7 Å². The molecule has 2 fully saturated rings. The number of halogens is 1. The SMILES string of the molecule is CNC1CCN(c2c(F)cc3c(=O)c(CN(Cc4ccnc(OC)c4)[C@H]4CCCN(c5ccc(N)nc5)C4)cn4c3c2OCC4C)CC1. The number of nitrogens with one attached hydrogen (secondary N) is 1. The molecular weight excluding hydrogens is 611 g/mol. The summed E-state index contributed by atoms with van der Waals surface area (Å²) in [6.07, 6.45) is 9.36. The van der Waals surface area contributed by atoms with Crippen molar-refractivity contribution in [3.8, 4) is 11.6 Å². The molecule has 0 radical (unpaired) electrons. The van der Waals surface area contributed by atoms with Crippen LogP contribution in [-0.2, 0) is 13.1 Å². The van der Waals surface area contributed by atoms with Gasteiger partial charge in [0.15, 0.2) is 17.0 Å². The molecule has 3 aliphatic rings. The number of methoxy groups -OCH3 is 1. The van der Waals surface area contributed by atoms with E-state index in [1.54, 1.807) is 13.3 Å². The van der Waals surface area contributed by atoms with Crippen LogP contribution in [-0.4, -0.2) is 78.5 Å². The lowest BCUT2D eigenvalue weighted by Gasteiger charge is -2.40. The Morgan fingerprint density at radius 1 is 1.10 bits per heavy atom. The number of aromatic nitrogens is 3. The van der Waals surface area contributed by atoms with Gasteiger partial charge in [0.25, 0.3) is 0 Å². The second kappa shape index (κ2) is 13.6. The third-order valence-corrected chi connectivity index (χ3v) is 10.3. The van der Waals surface area contributed by atoms with E-state index in [1.165, 1.54) is 6.07 Å². The van der Waals surface area contributed by atoms with Crippen molar-refractivity contribution in [1.29, 1.82) is 0 Å². The quantitative estimate of drug-likeness (QED) is 0.270. The zero-order valence-electron chi connectivity index (χ0n) is 28.0. The predicted octanol–water partition coefficient (Wildman–Crippen LogP) is 4.33. The Kier molecular flexibility index (Phi) is 9.11. The predicted molar refractivity (Wildman–Crippen MR) is 187 cm³/mol. The number of nitrogen functional groups attached to an aromatic ring is 1. The van der Waals surface area contributed by atoms with E-state index in [4.69, 9.17) is 15.2 Å². The Morgan fingerprint density at radius 3 is 2.69 bits per heavy atom. The Bertz CT molecular complexity index is 1830. The molecule has 0 aliphatic carbocycles. The molecule has 48 heavy (non-hydrogen) atoms. The largest absolute Gasteiger partial charge is 0.487 e. The van der Waals surface area contributed by atoms with Gasteiger partial charge in [-0.15, -0.1) is 0 Å². The molecule has 11 nitrogen and oxygen atoms in total. The first-order chi connectivity index (χ1) is 23.3. The highest BCUT2D eigenvalue weighted by Crippen LogP contribution is 2.42. The molecule has 3 N–H and O–H groups in total. The van der Waals surface area contributed by atoms with Gasteiger partial charge in [-0.25, -0.2) is 14.4 Å². The van der Waals surface area contributed by atoms with E-state index in [0.29, 0.717) is 65.3 Å². The van der Waals surface area contributed by atoms with Gasteiger partial charge in [-0.3, -0.25) is 9.69 Å². The van der Waals surface area contributed by atoms with Gasteiger partial charge >= 0.3 is 0 Å². The van der Waals surface area contributed by atoms with E-state index < -0.39 is 5.82 Å². The Morgan fingerprint density at radius 2 is 1.94 bits per heavy atom. The summed E-state index contributed by atoms with van der Waals surface area (Å²) in [5.41, 5.74) is 9.56. The molecule has 1 aromatic carbocycles. The Labute approximate surface area is 280 Å². The van der Waals surface area contributed by atoms with Gasteiger partial charge in [-0.1, -0.05) is 0 Å². The molecule has 2 saturated heterocycles. The third-order valence-electron chi connectivity index (χ3n) is 10.3. The van der Waals surface area contributed by atoms with Crippen molar-refractivity contribution in [3.63, 3.8) is 0 Å². The molecule has 0 bridgehead atoms. The fourth-order valence-corrected chi connectivity index (χ4v) is 7.57. The highest BCUT2D eigenvalue weighted by atomic mass is 19.1. The van der Waals surface area contributed by atoms with E-state index in [-0.39, 0.29) is 17.5 Å². The van der Waals surface area contributed by atoms with Crippen LogP contribution < -0.4 is 35.8 Å². The molecule has 2 atom stereocenters. The van der Waals surface area contributed by atoms with Crippen molar-refractivity contribution in [3.05, 3.63) is 76.1 Å². The zero-order valence-corrected chi connectivity index (χ0v) is 28.0. The first-order valence-electron chi connectivity index (χ1n) is 17.0. The number of ether oxygens (including phenoxy) is 2. The second-order valence-corrected chi connectivity index (χ2v) is 13.3. The van der Waals surface area contributed by atoms with Gasteiger partial charge < -0.3 is 34.9 Å². The van der Waals surface area contributed by atoms with Crippen LogP contribution in [0.2, 0.25) is 0 Å². The maximum Gasteiger partial charge on any atom is 0.213 e. The van der Waals surface area contributed by atoms with Gasteiger partial charge in [-0.2, -0.15) is 0 Å². The molecule has 1 unspecified atom stereocenters. The summed E-state index contributed by atoms with van der Waals surface area (Å²) >= 11 is 0. The summed E-state index contributed by atoms with van der Waals surface area (Å²) in [5, 5.41) is 3.71. The minimum Gasteiger partial charge on any atom is -0.487 e. The third kappa shape index (κ3) is 6.26. The number of hydrogen-bond donors (Lipinski definition) is 2. The average molecular weight is 657 g/mol. The molecule has 12 heteroatoms. The summed E-state index contributed by atoms with van der Waals surface area (Å²) in [7, 11) is 3.58. The first-order valence-corrected chi connectivity index (χ1v) is 17.0. The Balaban J connectivity index is 1.26. The van der Waals surface area contributed by atoms with E-state index in [1.807, 2.05) is 43.7 Å². The van der Waals surface area contributed by atoms with E-state index in [9.17, 15) is 4.79 Å². The number of piperidine rings is 2. The van der Waals surface area contributed by atoms with Crippen LogP contribution in [0, 0.1) is 5.82 Å². The minimum absolute atomic E-state index is 0.0196. The molecule has 0 amide bonds. The maximum absolute atomic E-state index is 16.1. The number of benzene rings is 1. The molecule has 254 valence electrons. The lowest BCUT2D eigenvalue weighted by atomic mass is 10.00. The van der Waals surface area contributed by atoms with E-state index >= 15 is 4.39 Å². The molecule has 0 saturated carbocycles. The monoisotopic (exact) mass is 656 g/mol. The minimum atomic E-state index is -0.406. The number of anilines is 3. The highest BCUT2D eigenvalue weighted by Gasteiger charge is 2.32. The summed E-state index contributed by atoms with van der Waals surface area (Å²) in [6, 6.07) is 9.74. The summed E-state index contributed by atoms with van der Waals surface area (Å²) in [4.78, 5) is 29.7. The normalized spacial score (nSPS) is 19.9. The van der Waals surface area contributed by atoms with Crippen molar-refractivity contribution in [2.24, 2.45) is 0 Å². The number of hydrogen-bond acceptors (Lipinski definition) is 10. The van der Waals surface area contributed by atoms with Crippen LogP contribution >= 0.6 is 0 Å². The van der Waals surface area contributed by atoms with Crippen molar-refractivity contribution >= 4 is 28.1 Å². The van der Waals surface area contributed by atoms with Crippen molar-refractivity contribution < 1.29 is 13.9 Å². The molecule has 0 spiro atoms. The van der Waals surface area contributed by atoms with Gasteiger partial charge in [0, 0.05) is 75.4 Å². The van der Waals surface area contributed by atoms with Gasteiger partial charge in [-0.05, 0) is 69.5 Å². The fraction of sp³-hybridized carbons (Fsp3) is 0.472. The molecular formula is C36H45FN8O3. The fourth-order valence-electron chi connectivity index (χ4n) is 7.57. The van der Waals surface area contributed by atoms with Crippen molar-refractivity contribution in [2.75, 3.05) is 62.5 Å². The van der Waals surface area contributed by atoms with Crippen LogP contribution in [0.1, 0.15) is 49.8 Å². The van der Waals surface area contributed by atoms with Crippen molar-refractivity contribution in [1.82, 2.24) is 24.8 Å². The number of pyridine rings is 3. The maximum atomic E-state index is 16.1. The zero-order chi connectivity index (χ0) is 33.4.